The Hall–Kier alpha value is -3.26. The van der Waals surface area contributed by atoms with Crippen LogP contribution in [0.4, 0.5) is 5.69 Å². The Morgan fingerprint density at radius 3 is 2.46 bits per heavy atom. The molecule has 0 radical (unpaired) electrons. The fourth-order valence-corrected chi connectivity index (χ4v) is 4.65. The Morgan fingerprint density at radius 1 is 1.17 bits per heavy atom. The van der Waals surface area contributed by atoms with E-state index in [4.69, 9.17) is 10.1 Å². The van der Waals surface area contributed by atoms with E-state index >= 15 is 0 Å². The maximum absolute atomic E-state index is 13.1. The van der Waals surface area contributed by atoms with Gasteiger partial charge in [0.15, 0.2) is 0 Å². The van der Waals surface area contributed by atoms with Gasteiger partial charge in [0, 0.05) is 28.8 Å². The number of carbonyl (C=O) groups is 2. The number of rotatable bonds is 10. The Balaban J connectivity index is 1.93. The zero-order chi connectivity index (χ0) is 25.8. The van der Waals surface area contributed by atoms with Gasteiger partial charge in [-0.3, -0.25) is 9.59 Å². The zero-order valence-electron chi connectivity index (χ0n) is 20.9. The molecule has 0 spiro atoms. The van der Waals surface area contributed by atoms with E-state index in [1.807, 2.05) is 31.2 Å². The van der Waals surface area contributed by atoms with Crippen LogP contribution in [0.2, 0.25) is 0 Å². The second-order valence-electron chi connectivity index (χ2n) is 9.53. The molecule has 1 heterocycles. The van der Waals surface area contributed by atoms with Crippen molar-refractivity contribution in [1.82, 2.24) is 9.55 Å². The minimum atomic E-state index is -0.935. The Bertz CT molecular complexity index is 1200. The first-order chi connectivity index (χ1) is 16.5. The number of aromatic nitrogens is 2. The number of aliphatic carboxylic acids is 1. The van der Waals surface area contributed by atoms with Gasteiger partial charge in [-0.05, 0) is 57.7 Å². The molecule has 0 bridgehead atoms. The Labute approximate surface area is 210 Å². The van der Waals surface area contributed by atoms with E-state index in [2.05, 4.69) is 23.7 Å². The molecule has 1 amide bonds. The fourth-order valence-electron chi connectivity index (χ4n) is 3.70. The van der Waals surface area contributed by atoms with Crippen LogP contribution in [-0.4, -0.2) is 36.4 Å². The second kappa shape index (κ2) is 11.0. The molecule has 0 aliphatic carbocycles. The minimum Gasteiger partial charge on any atom is -0.593 e. The Kier molecular flexibility index (Phi) is 8.27. The van der Waals surface area contributed by atoms with E-state index in [1.165, 1.54) is 11.8 Å². The van der Waals surface area contributed by atoms with Crippen molar-refractivity contribution in [2.24, 2.45) is 5.92 Å². The number of benzene rings is 2. The summed E-state index contributed by atoms with van der Waals surface area (Å²) in [6.07, 6.45) is 2.03. The van der Waals surface area contributed by atoms with Gasteiger partial charge in [0.05, 0.1) is 11.8 Å². The van der Waals surface area contributed by atoms with Crippen LogP contribution >= 0.6 is 11.8 Å². The second-order valence-corrected chi connectivity index (χ2v) is 11.2. The van der Waals surface area contributed by atoms with Crippen molar-refractivity contribution in [2.45, 2.75) is 63.6 Å². The number of carboxylic acid groups (broad SMARTS) is 1. The van der Waals surface area contributed by atoms with Gasteiger partial charge in [-0.2, -0.15) is 0 Å². The standard InChI is InChI=1S/C27H33N3O4S/c1-17(2)8-7-15-30-18(3)23(25(32)28-20-9-6-10-21(31)16-20)29-24(30)19-11-13-22(14-12-19)35-27(4,5)26(33)34/h6,9-14,16-17,31H,7-8,15H2,1-5H3,(H,28,32)(H,33,34)/p+1. The van der Waals surface area contributed by atoms with Gasteiger partial charge < -0.3 is 20.1 Å². The molecule has 0 aliphatic heterocycles. The average molecular weight is 497 g/mol. The topological polar surface area (TPSA) is 107 Å². The van der Waals surface area contributed by atoms with Crippen LogP contribution in [0.3, 0.4) is 0 Å². The molecule has 0 fully saturated rings. The van der Waals surface area contributed by atoms with E-state index in [-0.39, 0.29) is 5.91 Å². The van der Waals surface area contributed by atoms with Gasteiger partial charge in [0.2, 0.25) is 0 Å². The third-order valence-electron chi connectivity index (χ3n) is 5.72. The third kappa shape index (κ3) is 6.66. The average Bonchev–Trinajstić information content (AvgIpc) is 3.10. The summed E-state index contributed by atoms with van der Waals surface area (Å²) in [4.78, 5) is 30.2. The zero-order valence-corrected chi connectivity index (χ0v) is 21.7. The molecule has 3 rings (SSSR count). The fraction of sp³-hybridized carbons (Fsp3) is 0.370. The molecule has 8 heteroatoms. The summed E-state index contributed by atoms with van der Waals surface area (Å²) in [5.74, 6) is 0.432. The highest BCUT2D eigenvalue weighted by Gasteiger charge is 2.28. The lowest BCUT2D eigenvalue weighted by molar-refractivity contribution is -0.138. The van der Waals surface area contributed by atoms with Crippen molar-refractivity contribution in [3.63, 3.8) is 0 Å². The molecule has 1 aromatic heterocycles. The van der Waals surface area contributed by atoms with E-state index < -0.39 is 10.7 Å². The maximum Gasteiger partial charge on any atom is 0.319 e. The largest absolute Gasteiger partial charge is 0.593 e. The van der Waals surface area contributed by atoms with Crippen LogP contribution in [0.15, 0.2) is 53.4 Å². The van der Waals surface area contributed by atoms with Crippen molar-refractivity contribution in [3.05, 3.63) is 59.9 Å². The van der Waals surface area contributed by atoms with Crippen molar-refractivity contribution < 1.29 is 19.8 Å². The van der Waals surface area contributed by atoms with Crippen molar-refractivity contribution in [2.75, 3.05) is 5.32 Å². The van der Waals surface area contributed by atoms with Gasteiger partial charge in [-0.15, -0.1) is 11.8 Å². The first-order valence-electron chi connectivity index (χ1n) is 11.7. The molecular formula is C27H34N3O4S+. The normalized spacial score (nSPS) is 11.6. The number of imidazole rings is 1. The van der Waals surface area contributed by atoms with E-state index in [9.17, 15) is 14.7 Å². The summed E-state index contributed by atoms with van der Waals surface area (Å²) in [7, 11) is 0. The maximum atomic E-state index is 13.1. The number of nitrogens with zero attached hydrogens (tertiary/aromatic N) is 2. The van der Waals surface area contributed by atoms with Crippen LogP contribution in [0, 0.1) is 12.8 Å². The Morgan fingerprint density at radius 2 is 1.86 bits per heavy atom. The SMILES string of the molecule is Cc1c(C(=O)Nc2cccc([OH2+])c2)nc(-c2ccc(SC(C)(C)C(=O)O)cc2)n1CCCC(C)C. The number of thioether (sulfide) groups is 1. The van der Waals surface area contributed by atoms with Crippen molar-refractivity contribution in [3.8, 4) is 17.1 Å². The van der Waals surface area contributed by atoms with Crippen LogP contribution in [0.25, 0.3) is 11.4 Å². The molecule has 0 atom stereocenters. The molecule has 35 heavy (non-hydrogen) atoms. The lowest BCUT2D eigenvalue weighted by atomic mass is 10.1. The van der Waals surface area contributed by atoms with Gasteiger partial charge in [-0.25, -0.2) is 4.98 Å². The summed E-state index contributed by atoms with van der Waals surface area (Å²) >= 11 is 1.29. The summed E-state index contributed by atoms with van der Waals surface area (Å²) in [5.41, 5.74) is 2.56. The molecule has 3 aromatic rings. The van der Waals surface area contributed by atoms with Gasteiger partial charge in [0.1, 0.15) is 16.3 Å². The van der Waals surface area contributed by atoms with Gasteiger partial charge in [-0.1, -0.05) is 32.0 Å². The first kappa shape index (κ1) is 26.3. The first-order valence-corrected chi connectivity index (χ1v) is 12.5. The molecule has 0 saturated carbocycles. The number of carbonyl (C=O) groups excluding carboxylic acids is 1. The molecule has 186 valence electrons. The summed E-state index contributed by atoms with van der Waals surface area (Å²) in [6.45, 7) is 10.4. The molecule has 2 aromatic carbocycles. The van der Waals surface area contributed by atoms with E-state index in [0.29, 0.717) is 28.9 Å². The molecular weight excluding hydrogens is 462 g/mol. The van der Waals surface area contributed by atoms with E-state index in [1.54, 1.807) is 38.1 Å². The predicted octanol–water partition coefficient (Wildman–Crippen LogP) is 5.94. The molecule has 7 nitrogen and oxygen atoms in total. The molecule has 0 aliphatic rings. The van der Waals surface area contributed by atoms with Crippen molar-refractivity contribution in [1.29, 1.82) is 0 Å². The summed E-state index contributed by atoms with van der Waals surface area (Å²) in [6, 6.07) is 14.4. The smallest absolute Gasteiger partial charge is 0.319 e. The number of amides is 1. The number of hydrogen-bond acceptors (Lipinski definition) is 4. The summed E-state index contributed by atoms with van der Waals surface area (Å²) in [5, 5.41) is 20.1. The van der Waals surface area contributed by atoms with Crippen molar-refractivity contribution >= 4 is 29.3 Å². The van der Waals surface area contributed by atoms with Gasteiger partial charge >= 0.3 is 5.97 Å². The molecule has 4 N–H and O–H groups in total. The number of carboxylic acids is 1. The lowest BCUT2D eigenvalue weighted by Gasteiger charge is -2.18. The monoisotopic (exact) mass is 496 g/mol. The predicted molar refractivity (Wildman–Crippen MR) is 141 cm³/mol. The molecule has 0 unspecified atom stereocenters. The van der Waals surface area contributed by atoms with Crippen LogP contribution in [0.5, 0.6) is 5.75 Å². The highest BCUT2D eigenvalue weighted by atomic mass is 32.2. The van der Waals surface area contributed by atoms with E-state index in [0.717, 1.165) is 35.5 Å². The number of hydrogen-bond donors (Lipinski definition) is 2. The van der Waals surface area contributed by atoms with Crippen LogP contribution in [-0.2, 0) is 11.3 Å². The number of anilines is 1. The van der Waals surface area contributed by atoms with Gasteiger partial charge in [0.25, 0.3) is 11.7 Å². The molecule has 0 saturated heterocycles. The third-order valence-corrected chi connectivity index (χ3v) is 6.91. The lowest BCUT2D eigenvalue weighted by Crippen LogP contribution is -2.26. The quantitative estimate of drug-likeness (QED) is 0.267. The highest BCUT2D eigenvalue weighted by Crippen LogP contribution is 2.34. The highest BCUT2D eigenvalue weighted by molar-refractivity contribution is 8.01. The van der Waals surface area contributed by atoms with Crippen LogP contribution in [0.1, 0.15) is 56.7 Å². The minimum absolute atomic E-state index is 0.313. The van der Waals surface area contributed by atoms with Crippen LogP contribution < -0.4 is 5.32 Å². The number of nitrogens with one attached hydrogen (secondary N) is 1. The summed E-state index contributed by atoms with van der Waals surface area (Å²) < 4.78 is 1.15.